The van der Waals surface area contributed by atoms with Gasteiger partial charge < -0.3 is 15.1 Å². The Morgan fingerprint density at radius 3 is 1.79 bits per heavy atom. The molecule has 0 amide bonds. The summed E-state index contributed by atoms with van der Waals surface area (Å²) in [6.07, 6.45) is 18.7. The van der Waals surface area contributed by atoms with Crippen molar-refractivity contribution in [2.45, 2.75) is 24.2 Å². The zero-order valence-electron chi connectivity index (χ0n) is 30.9. The first-order chi connectivity index (χ1) is 27.8. The number of hydrogen-bond donors (Lipinski definition) is 2. The molecule has 2 fully saturated rings. The fourth-order valence-corrected chi connectivity index (χ4v) is 8.59. The van der Waals surface area contributed by atoms with Gasteiger partial charge in [0.2, 0.25) is 10.0 Å². The number of aromatic nitrogens is 8. The molecule has 10 rings (SSSR count). The molecular weight excluding hydrogens is 805 g/mol. The van der Waals surface area contributed by atoms with E-state index in [2.05, 4.69) is 74.4 Å². The minimum Gasteiger partial charge on any atom is -0.357 e. The van der Waals surface area contributed by atoms with Crippen LogP contribution in [0, 0.1) is 0 Å². The third-order valence-corrected chi connectivity index (χ3v) is 12.0. The Morgan fingerprint density at radius 2 is 1.16 bits per heavy atom. The van der Waals surface area contributed by atoms with E-state index in [-0.39, 0.29) is 4.90 Å². The Hall–Kier alpha value is -5.81. The van der Waals surface area contributed by atoms with Gasteiger partial charge in [-0.3, -0.25) is 0 Å². The third kappa shape index (κ3) is 7.56. The first kappa shape index (κ1) is 36.8. The SMILES string of the molecule is Brc1cnn2cc(-c3ccc(N4CCCCC4)nc3)cnc12.NS(=O)(=O)c1ccc(-c2cnn3cc(-c4ccc(N5CCNCC5)nc4)cnc23)c2ccccc12. The van der Waals surface area contributed by atoms with Crippen molar-refractivity contribution in [1.82, 2.24) is 44.5 Å². The van der Waals surface area contributed by atoms with Crippen LogP contribution in [-0.2, 0) is 10.0 Å². The molecule has 57 heavy (non-hydrogen) atoms. The molecule has 0 saturated carbocycles. The molecule has 8 aromatic rings. The van der Waals surface area contributed by atoms with Crippen LogP contribution in [0.2, 0.25) is 0 Å². The number of rotatable bonds is 6. The van der Waals surface area contributed by atoms with Gasteiger partial charge >= 0.3 is 0 Å². The Labute approximate surface area is 337 Å². The van der Waals surface area contributed by atoms with Gasteiger partial charge in [-0.1, -0.05) is 30.3 Å². The monoisotopic (exact) mass is 842 g/mol. The predicted molar refractivity (Wildman–Crippen MR) is 226 cm³/mol. The van der Waals surface area contributed by atoms with Gasteiger partial charge in [0.25, 0.3) is 0 Å². The van der Waals surface area contributed by atoms with Crippen molar-refractivity contribution < 1.29 is 8.42 Å². The van der Waals surface area contributed by atoms with E-state index >= 15 is 0 Å². The lowest BCUT2D eigenvalue weighted by Gasteiger charge is -2.28. The zero-order valence-corrected chi connectivity index (χ0v) is 33.3. The number of nitrogens with zero attached hydrogens (tertiary/aromatic N) is 10. The molecule has 0 bridgehead atoms. The van der Waals surface area contributed by atoms with Gasteiger partial charge in [0.05, 0.1) is 21.8 Å². The van der Waals surface area contributed by atoms with Crippen LogP contribution in [0.3, 0.4) is 0 Å². The first-order valence-corrected chi connectivity index (χ1v) is 21.1. The quantitative estimate of drug-likeness (QED) is 0.196. The second-order valence-corrected chi connectivity index (χ2v) is 16.5. The van der Waals surface area contributed by atoms with Gasteiger partial charge in [-0.25, -0.2) is 42.5 Å². The van der Waals surface area contributed by atoms with Crippen molar-refractivity contribution >= 4 is 59.7 Å². The summed E-state index contributed by atoms with van der Waals surface area (Å²) >= 11 is 3.44. The molecule has 0 unspecified atom stereocenters. The molecule has 14 nitrogen and oxygen atoms in total. The van der Waals surface area contributed by atoms with Crippen LogP contribution >= 0.6 is 15.9 Å². The Morgan fingerprint density at radius 1 is 0.579 bits per heavy atom. The summed E-state index contributed by atoms with van der Waals surface area (Å²) in [5.74, 6) is 2.04. The highest BCUT2D eigenvalue weighted by molar-refractivity contribution is 9.10. The number of piperazine rings is 1. The van der Waals surface area contributed by atoms with Crippen molar-refractivity contribution in [2.75, 3.05) is 49.1 Å². The molecule has 2 aromatic carbocycles. The van der Waals surface area contributed by atoms with Gasteiger partial charge in [-0.05, 0) is 76.5 Å². The summed E-state index contributed by atoms with van der Waals surface area (Å²) < 4.78 is 28.6. The minimum absolute atomic E-state index is 0.0975. The normalized spacial score (nSPS) is 14.9. The van der Waals surface area contributed by atoms with E-state index in [9.17, 15) is 8.42 Å². The van der Waals surface area contributed by atoms with Crippen LogP contribution in [0.5, 0.6) is 0 Å². The molecule has 2 saturated heterocycles. The highest BCUT2D eigenvalue weighted by Gasteiger charge is 2.19. The molecule has 3 N–H and O–H groups in total. The number of hydrogen-bond acceptors (Lipinski definition) is 11. The number of nitrogens with two attached hydrogens (primary N) is 1. The van der Waals surface area contributed by atoms with Crippen LogP contribution in [0.25, 0.3) is 55.4 Å². The van der Waals surface area contributed by atoms with E-state index in [1.165, 1.54) is 25.3 Å². The third-order valence-electron chi connectivity index (χ3n) is 10.4. The lowest BCUT2D eigenvalue weighted by molar-refractivity contribution is 0.573. The number of halogens is 1. The lowest BCUT2D eigenvalue weighted by atomic mass is 10.00. The number of fused-ring (bicyclic) bond motifs is 3. The molecule has 0 atom stereocenters. The molecular formula is C41H39BrN12O2S. The average Bonchev–Trinajstić information content (AvgIpc) is 3.86. The number of benzene rings is 2. The largest absolute Gasteiger partial charge is 0.357 e. The maximum absolute atomic E-state index is 12.1. The average molecular weight is 844 g/mol. The second kappa shape index (κ2) is 15.6. The van der Waals surface area contributed by atoms with E-state index in [4.69, 9.17) is 10.1 Å². The van der Waals surface area contributed by atoms with Crippen molar-refractivity contribution in [3.05, 3.63) is 115 Å². The molecule has 0 radical (unpaired) electrons. The molecule has 2 aliphatic heterocycles. The Bertz CT molecular complexity index is 2810. The van der Waals surface area contributed by atoms with E-state index in [0.29, 0.717) is 11.0 Å². The number of sulfonamides is 1. The summed E-state index contributed by atoms with van der Waals surface area (Å²) in [6, 6.07) is 18.9. The van der Waals surface area contributed by atoms with Crippen LogP contribution in [0.4, 0.5) is 11.6 Å². The van der Waals surface area contributed by atoms with E-state index in [1.807, 2.05) is 55.4 Å². The summed E-state index contributed by atoms with van der Waals surface area (Å²) in [7, 11) is -3.85. The van der Waals surface area contributed by atoms with Crippen molar-refractivity contribution in [2.24, 2.45) is 5.14 Å². The summed E-state index contributed by atoms with van der Waals surface area (Å²) in [5, 5.41) is 18.9. The molecule has 288 valence electrons. The van der Waals surface area contributed by atoms with E-state index in [1.54, 1.807) is 39.6 Å². The predicted octanol–water partition coefficient (Wildman–Crippen LogP) is 6.21. The van der Waals surface area contributed by atoms with Gasteiger partial charge in [0, 0.05) is 110 Å². The van der Waals surface area contributed by atoms with Gasteiger partial charge in [0.15, 0.2) is 11.3 Å². The number of anilines is 2. The standard InChI is InChI=1S/C25H23N7O2S.C16H16BrN5/c26-35(33,34)23-7-6-20(19-3-1-2-4-21(19)23)22-15-30-32-16-18(14-29-25(22)32)17-5-8-24(28-13-17)31-11-9-27-10-12-31;17-14-10-20-22-11-13(9-19-16(14)22)12-4-5-15(18-8-12)21-6-2-1-3-7-21/h1-8,13-16,27H,9-12H2,(H2,26,33,34);4-5,8-11H,1-3,6-7H2. The van der Waals surface area contributed by atoms with E-state index < -0.39 is 10.0 Å². The molecule has 0 spiro atoms. The molecule has 2 aliphatic rings. The fourth-order valence-electron chi connectivity index (χ4n) is 7.47. The summed E-state index contributed by atoms with van der Waals surface area (Å²) in [5.41, 5.74) is 7.07. The van der Waals surface area contributed by atoms with Gasteiger partial charge in [-0.15, -0.1) is 0 Å². The highest BCUT2D eigenvalue weighted by atomic mass is 79.9. The minimum atomic E-state index is -3.85. The number of nitrogens with one attached hydrogen (secondary N) is 1. The molecule has 16 heteroatoms. The summed E-state index contributed by atoms with van der Waals surface area (Å²) in [4.78, 5) is 23.1. The summed E-state index contributed by atoms with van der Waals surface area (Å²) in [6.45, 7) is 6.05. The first-order valence-electron chi connectivity index (χ1n) is 18.8. The van der Waals surface area contributed by atoms with Crippen molar-refractivity contribution in [1.29, 1.82) is 0 Å². The van der Waals surface area contributed by atoms with Crippen LogP contribution < -0.4 is 20.3 Å². The number of piperidine rings is 1. The van der Waals surface area contributed by atoms with Gasteiger partial charge in [-0.2, -0.15) is 10.2 Å². The van der Waals surface area contributed by atoms with Crippen molar-refractivity contribution in [3.8, 4) is 33.4 Å². The van der Waals surface area contributed by atoms with Gasteiger partial charge in [0.1, 0.15) is 11.6 Å². The Balaban J connectivity index is 0.000000165. The number of pyridine rings is 2. The molecule has 0 aliphatic carbocycles. The smallest absolute Gasteiger partial charge is 0.238 e. The molecule has 6 aromatic heterocycles. The van der Waals surface area contributed by atoms with E-state index in [0.717, 1.165) is 99.8 Å². The Kier molecular flexibility index (Phi) is 10.1. The zero-order chi connectivity index (χ0) is 38.9. The van der Waals surface area contributed by atoms with Crippen LogP contribution in [-0.4, -0.2) is 86.9 Å². The van der Waals surface area contributed by atoms with Crippen molar-refractivity contribution in [3.63, 3.8) is 0 Å². The molecule has 8 heterocycles. The maximum atomic E-state index is 12.1. The second-order valence-electron chi connectivity index (χ2n) is 14.1. The fraction of sp³-hybridized carbons (Fsp3) is 0.220. The van der Waals surface area contributed by atoms with Crippen LogP contribution in [0.15, 0.2) is 120 Å². The topological polar surface area (TPSA) is 165 Å². The highest BCUT2D eigenvalue weighted by Crippen LogP contribution is 2.35. The lowest BCUT2D eigenvalue weighted by Crippen LogP contribution is -2.43. The maximum Gasteiger partial charge on any atom is 0.238 e. The van der Waals surface area contributed by atoms with Crippen LogP contribution in [0.1, 0.15) is 19.3 Å². The number of primary sulfonamides is 1.